The molecule has 1 atom stereocenters. The Bertz CT molecular complexity index is 1490. The van der Waals surface area contributed by atoms with Crippen molar-refractivity contribution in [1.29, 1.82) is 0 Å². The van der Waals surface area contributed by atoms with E-state index in [0.29, 0.717) is 18.0 Å². The Morgan fingerprint density at radius 1 is 1.02 bits per heavy atom. The average molecular weight is 624 g/mol. The first-order valence-corrected chi connectivity index (χ1v) is 17.3. The maximum Gasteiger partial charge on any atom is 0.264 e. The summed E-state index contributed by atoms with van der Waals surface area (Å²) in [7, 11) is -4.14. The van der Waals surface area contributed by atoms with Gasteiger partial charge in [0.1, 0.15) is 18.3 Å². The third kappa shape index (κ3) is 8.32. The maximum atomic E-state index is 14.2. The molecule has 1 aliphatic rings. The van der Waals surface area contributed by atoms with Crippen LogP contribution < -0.4 is 14.4 Å². The van der Waals surface area contributed by atoms with Crippen molar-refractivity contribution in [2.45, 2.75) is 74.9 Å². The summed E-state index contributed by atoms with van der Waals surface area (Å²) in [4.78, 5) is 30.0. The molecule has 0 spiro atoms. The Kier molecular flexibility index (Phi) is 11.2. The fraction of sp³-hybridized carbons (Fsp3) is 0.394. The summed E-state index contributed by atoms with van der Waals surface area (Å²) < 4.78 is 34.8. The Morgan fingerprint density at radius 3 is 2.30 bits per heavy atom. The fourth-order valence-electron chi connectivity index (χ4n) is 5.26. The largest absolute Gasteiger partial charge is 0.494 e. The topological polar surface area (TPSA) is 96.0 Å². The van der Waals surface area contributed by atoms with Crippen molar-refractivity contribution >= 4 is 39.3 Å². The standard InChI is InChI=1S/C33H41N3O5S2/c1-5-41-29-15-13-28(14-16-29)36(43(39,40)31-19-17-30(42-4)18-20-31)23-32(37)35(22-26-10-8-9-24(2)21-26)25(3)33(38)34-27-11-6-7-12-27/h8-10,13-21,25,27H,5-7,11-12,22-23H2,1-4H3,(H,34,38). The van der Waals surface area contributed by atoms with Crippen LogP contribution in [0.15, 0.2) is 82.6 Å². The minimum absolute atomic E-state index is 0.0734. The second kappa shape index (κ2) is 14.8. The van der Waals surface area contributed by atoms with Crippen molar-refractivity contribution in [3.63, 3.8) is 0 Å². The van der Waals surface area contributed by atoms with Crippen LogP contribution in [0.5, 0.6) is 5.75 Å². The second-order valence-electron chi connectivity index (χ2n) is 10.8. The second-order valence-corrected chi connectivity index (χ2v) is 13.5. The Labute approximate surface area is 259 Å². The van der Waals surface area contributed by atoms with Gasteiger partial charge in [-0.15, -0.1) is 11.8 Å². The highest BCUT2D eigenvalue weighted by atomic mass is 32.2. The molecule has 1 unspecified atom stereocenters. The van der Waals surface area contributed by atoms with Gasteiger partial charge in [-0.3, -0.25) is 13.9 Å². The van der Waals surface area contributed by atoms with Gasteiger partial charge in [0.25, 0.3) is 10.0 Å². The summed E-state index contributed by atoms with van der Waals surface area (Å²) in [6.45, 7) is 5.70. The molecule has 0 aliphatic heterocycles. The summed E-state index contributed by atoms with van der Waals surface area (Å²) in [6.07, 6.45) is 5.89. The molecule has 8 nitrogen and oxygen atoms in total. The summed E-state index contributed by atoms with van der Waals surface area (Å²) in [6, 6.07) is 20.3. The number of nitrogens with one attached hydrogen (secondary N) is 1. The predicted molar refractivity (Wildman–Crippen MR) is 172 cm³/mol. The summed E-state index contributed by atoms with van der Waals surface area (Å²) >= 11 is 1.51. The van der Waals surface area contributed by atoms with Crippen LogP contribution in [-0.2, 0) is 26.2 Å². The summed E-state index contributed by atoms with van der Waals surface area (Å²) in [5.41, 5.74) is 2.21. The number of amides is 2. The molecule has 0 heterocycles. The zero-order valence-corrected chi connectivity index (χ0v) is 26.9. The van der Waals surface area contributed by atoms with E-state index < -0.39 is 28.5 Å². The number of aryl methyl sites for hydroxylation is 1. The SMILES string of the molecule is CCOc1ccc(N(CC(=O)N(Cc2cccc(C)c2)C(C)C(=O)NC2CCCC2)S(=O)(=O)c2ccc(SC)cc2)cc1. The maximum absolute atomic E-state index is 14.2. The predicted octanol–water partition coefficient (Wildman–Crippen LogP) is 5.79. The lowest BCUT2D eigenvalue weighted by molar-refractivity contribution is -0.139. The molecule has 1 aliphatic carbocycles. The molecule has 230 valence electrons. The number of anilines is 1. The van der Waals surface area contributed by atoms with E-state index in [0.717, 1.165) is 46.0 Å². The highest BCUT2D eigenvalue weighted by Crippen LogP contribution is 2.28. The fourth-order valence-corrected chi connectivity index (χ4v) is 7.08. The van der Waals surface area contributed by atoms with Crippen molar-refractivity contribution in [3.05, 3.63) is 83.9 Å². The van der Waals surface area contributed by atoms with Crippen LogP contribution in [0.1, 0.15) is 50.7 Å². The minimum Gasteiger partial charge on any atom is -0.494 e. The van der Waals surface area contributed by atoms with E-state index in [1.54, 1.807) is 55.5 Å². The highest BCUT2D eigenvalue weighted by molar-refractivity contribution is 7.98. The highest BCUT2D eigenvalue weighted by Gasteiger charge is 2.33. The van der Waals surface area contributed by atoms with Gasteiger partial charge in [-0.05, 0) is 94.0 Å². The Hall–Kier alpha value is -3.50. The van der Waals surface area contributed by atoms with Crippen LogP contribution in [0.2, 0.25) is 0 Å². The molecular weight excluding hydrogens is 583 g/mol. The zero-order valence-electron chi connectivity index (χ0n) is 25.3. The van der Waals surface area contributed by atoms with Crippen molar-refractivity contribution in [2.75, 3.05) is 23.7 Å². The van der Waals surface area contributed by atoms with E-state index in [9.17, 15) is 18.0 Å². The molecule has 0 bridgehead atoms. The Balaban J connectivity index is 1.69. The molecule has 1 fully saturated rings. The van der Waals surface area contributed by atoms with E-state index in [4.69, 9.17) is 4.74 Å². The quantitative estimate of drug-likeness (QED) is 0.242. The van der Waals surface area contributed by atoms with E-state index >= 15 is 0 Å². The van der Waals surface area contributed by atoms with Gasteiger partial charge in [-0.25, -0.2) is 8.42 Å². The number of hydrogen-bond acceptors (Lipinski definition) is 6. The van der Waals surface area contributed by atoms with E-state index in [1.165, 1.54) is 16.7 Å². The number of nitrogens with zero attached hydrogens (tertiary/aromatic N) is 2. The monoisotopic (exact) mass is 623 g/mol. The molecule has 1 saturated carbocycles. The van der Waals surface area contributed by atoms with Crippen LogP contribution >= 0.6 is 11.8 Å². The molecular formula is C33H41N3O5S2. The van der Waals surface area contributed by atoms with Crippen molar-refractivity contribution < 1.29 is 22.7 Å². The van der Waals surface area contributed by atoms with Gasteiger partial charge in [0.2, 0.25) is 11.8 Å². The van der Waals surface area contributed by atoms with Crippen LogP contribution in [0, 0.1) is 6.92 Å². The third-order valence-electron chi connectivity index (χ3n) is 7.67. The van der Waals surface area contributed by atoms with Gasteiger partial charge in [0.05, 0.1) is 17.2 Å². The number of benzene rings is 3. The first kappa shape index (κ1) is 32.4. The number of ether oxygens (including phenoxy) is 1. The van der Waals surface area contributed by atoms with E-state index in [2.05, 4.69) is 5.32 Å². The van der Waals surface area contributed by atoms with Gasteiger partial charge >= 0.3 is 0 Å². The first-order valence-electron chi connectivity index (χ1n) is 14.7. The smallest absolute Gasteiger partial charge is 0.264 e. The lowest BCUT2D eigenvalue weighted by Gasteiger charge is -2.32. The number of carbonyl (C=O) groups is 2. The van der Waals surface area contributed by atoms with Crippen LogP contribution in [0.3, 0.4) is 0 Å². The molecule has 2 amide bonds. The van der Waals surface area contributed by atoms with Gasteiger partial charge in [0.15, 0.2) is 0 Å². The van der Waals surface area contributed by atoms with Crippen LogP contribution in [0.25, 0.3) is 0 Å². The van der Waals surface area contributed by atoms with Gasteiger partial charge in [-0.2, -0.15) is 0 Å². The zero-order chi connectivity index (χ0) is 31.0. The van der Waals surface area contributed by atoms with Crippen molar-refractivity contribution in [1.82, 2.24) is 10.2 Å². The molecule has 43 heavy (non-hydrogen) atoms. The summed E-state index contributed by atoms with van der Waals surface area (Å²) in [5.74, 6) is -0.123. The molecule has 1 N–H and O–H groups in total. The minimum atomic E-state index is -4.14. The normalized spacial score (nSPS) is 14.2. The molecule has 0 saturated heterocycles. The molecule has 0 radical (unpaired) electrons. The third-order valence-corrected chi connectivity index (χ3v) is 10.2. The van der Waals surface area contributed by atoms with Crippen LogP contribution in [-0.4, -0.2) is 56.6 Å². The molecule has 10 heteroatoms. The average Bonchev–Trinajstić information content (AvgIpc) is 3.52. The number of thioether (sulfide) groups is 1. The van der Waals surface area contributed by atoms with Crippen molar-refractivity contribution in [2.24, 2.45) is 0 Å². The van der Waals surface area contributed by atoms with Crippen LogP contribution in [0.4, 0.5) is 5.69 Å². The molecule has 0 aromatic heterocycles. The van der Waals surface area contributed by atoms with Gasteiger partial charge in [0, 0.05) is 17.5 Å². The van der Waals surface area contributed by atoms with Gasteiger partial charge < -0.3 is 15.0 Å². The number of carbonyl (C=O) groups excluding carboxylic acids is 2. The number of rotatable bonds is 13. The first-order chi connectivity index (χ1) is 20.6. The van der Waals surface area contributed by atoms with Gasteiger partial charge in [-0.1, -0.05) is 42.7 Å². The lowest BCUT2D eigenvalue weighted by atomic mass is 10.1. The number of sulfonamides is 1. The summed E-state index contributed by atoms with van der Waals surface area (Å²) in [5, 5.41) is 3.10. The molecule has 4 rings (SSSR count). The van der Waals surface area contributed by atoms with Crippen molar-refractivity contribution in [3.8, 4) is 5.75 Å². The molecule has 3 aromatic rings. The molecule has 3 aromatic carbocycles. The Morgan fingerprint density at radius 2 is 1.70 bits per heavy atom. The van der Waals surface area contributed by atoms with E-state index in [-0.39, 0.29) is 23.4 Å². The van der Waals surface area contributed by atoms with E-state index in [1.807, 2.05) is 44.4 Å². The number of hydrogen-bond donors (Lipinski definition) is 1. The lowest BCUT2D eigenvalue weighted by Crippen LogP contribution is -2.52.